The molecule has 4 aromatic heterocycles. The normalized spacial score (nSPS) is 7.76. The van der Waals surface area contributed by atoms with E-state index >= 15 is 0 Å². The SMILES string of the molecule is CC.CC.CC.CC.Cc1ccc(C)cc1.Cc1cccn1C.Cc1ccco1.Cc1cccs1.c1ccncc1. The predicted octanol–water partition coefficient (Wildman–Crippen LogP) is 12.5. The lowest BCUT2D eigenvalue weighted by atomic mass is 10.2. The first kappa shape index (κ1) is 44.6. The summed E-state index contributed by atoms with van der Waals surface area (Å²) in [4.78, 5) is 5.17. The molecule has 0 atom stereocenters. The van der Waals surface area contributed by atoms with Crippen LogP contribution in [0.15, 0.2) is 114 Å². The molecule has 0 radical (unpaired) electrons. The molecule has 3 nitrogen and oxygen atoms in total. The molecule has 0 aliphatic heterocycles. The van der Waals surface area contributed by atoms with Crippen molar-refractivity contribution in [2.24, 2.45) is 7.05 Å². The summed E-state index contributed by atoms with van der Waals surface area (Å²) in [6.07, 6.45) is 7.20. The maximum atomic E-state index is 4.83. The van der Waals surface area contributed by atoms with Gasteiger partial charge in [-0.3, -0.25) is 4.98 Å². The Morgan fingerprint density at radius 2 is 1.10 bits per heavy atom. The van der Waals surface area contributed by atoms with E-state index in [1.54, 1.807) is 30.0 Å². The van der Waals surface area contributed by atoms with Crippen LogP contribution in [0.1, 0.15) is 82.8 Å². The molecule has 4 heteroatoms. The van der Waals surface area contributed by atoms with Gasteiger partial charge in [-0.05, 0) is 82.5 Å². The van der Waals surface area contributed by atoms with Gasteiger partial charge in [0.05, 0.1) is 6.26 Å². The number of aryl methyl sites for hydroxylation is 6. The van der Waals surface area contributed by atoms with E-state index in [-0.39, 0.29) is 0 Å². The summed E-state index contributed by atoms with van der Waals surface area (Å²) in [7, 11) is 2.04. The number of furan rings is 1. The summed E-state index contributed by atoms with van der Waals surface area (Å²) in [6.45, 7) is 26.3. The fraction of sp³-hybridized carbons (Fsp3) is 0.378. The van der Waals surface area contributed by atoms with Crippen LogP contribution in [0, 0.1) is 34.6 Å². The first-order valence-electron chi connectivity index (χ1n) is 14.8. The minimum absolute atomic E-state index is 0.968. The number of aromatic nitrogens is 2. The van der Waals surface area contributed by atoms with E-state index in [2.05, 4.69) is 85.1 Å². The van der Waals surface area contributed by atoms with E-state index in [9.17, 15) is 0 Å². The zero-order valence-electron chi connectivity index (χ0n) is 28.6. The molecule has 4 heterocycles. The lowest BCUT2D eigenvalue weighted by Crippen LogP contribution is -1.84. The topological polar surface area (TPSA) is 31.0 Å². The molecule has 0 fully saturated rings. The molecule has 0 saturated heterocycles. The number of hydrogen-bond acceptors (Lipinski definition) is 3. The van der Waals surface area contributed by atoms with Gasteiger partial charge in [-0.1, -0.05) is 103 Å². The summed E-state index contributed by atoms with van der Waals surface area (Å²) >= 11 is 1.78. The largest absolute Gasteiger partial charge is 0.470 e. The average Bonchev–Trinajstić information content (AvgIpc) is 3.82. The Bertz CT molecular complexity index is 954. The second-order valence-corrected chi connectivity index (χ2v) is 8.54. The number of rotatable bonds is 0. The highest BCUT2D eigenvalue weighted by atomic mass is 32.1. The second kappa shape index (κ2) is 36.6. The molecule has 0 amide bonds. The Morgan fingerprint density at radius 3 is 1.24 bits per heavy atom. The minimum Gasteiger partial charge on any atom is -0.470 e. The van der Waals surface area contributed by atoms with E-state index in [4.69, 9.17) is 4.42 Å². The maximum Gasteiger partial charge on any atom is 0.100 e. The summed E-state index contributed by atoms with van der Waals surface area (Å²) in [5.41, 5.74) is 3.96. The van der Waals surface area contributed by atoms with Gasteiger partial charge in [0.1, 0.15) is 5.76 Å². The first-order chi connectivity index (χ1) is 19.9. The molecule has 41 heavy (non-hydrogen) atoms. The number of hydrogen-bond donors (Lipinski definition) is 0. The van der Waals surface area contributed by atoms with Crippen LogP contribution in [-0.2, 0) is 7.05 Å². The van der Waals surface area contributed by atoms with Crippen LogP contribution in [0.2, 0.25) is 0 Å². The van der Waals surface area contributed by atoms with Crippen molar-refractivity contribution in [3.05, 3.63) is 137 Å². The molecule has 5 rings (SSSR count). The second-order valence-electron chi connectivity index (χ2n) is 7.39. The number of benzene rings is 1. The van der Waals surface area contributed by atoms with Crippen LogP contribution in [0.5, 0.6) is 0 Å². The molecular formula is C37H60N2OS. The Labute approximate surface area is 258 Å². The Kier molecular flexibility index (Phi) is 39.9. The molecule has 0 bridgehead atoms. The van der Waals surface area contributed by atoms with Crippen molar-refractivity contribution < 1.29 is 4.42 Å². The molecule has 0 aliphatic rings. The Morgan fingerprint density at radius 1 is 0.585 bits per heavy atom. The van der Waals surface area contributed by atoms with Crippen molar-refractivity contribution in [3.63, 3.8) is 0 Å². The smallest absolute Gasteiger partial charge is 0.100 e. The number of pyridine rings is 1. The fourth-order valence-corrected chi connectivity index (χ4v) is 2.75. The lowest BCUT2D eigenvalue weighted by molar-refractivity contribution is 0.534. The maximum absolute atomic E-state index is 4.83. The van der Waals surface area contributed by atoms with E-state index in [0.29, 0.717) is 0 Å². The molecule has 0 N–H and O–H groups in total. The molecular weight excluding hydrogens is 520 g/mol. The van der Waals surface area contributed by atoms with Gasteiger partial charge in [0.25, 0.3) is 0 Å². The predicted molar refractivity (Wildman–Crippen MR) is 188 cm³/mol. The monoisotopic (exact) mass is 580 g/mol. The van der Waals surface area contributed by atoms with E-state index < -0.39 is 0 Å². The highest BCUT2D eigenvalue weighted by molar-refractivity contribution is 7.09. The fourth-order valence-electron chi connectivity index (χ4n) is 2.22. The molecule has 0 unspecified atom stereocenters. The summed E-state index contributed by atoms with van der Waals surface area (Å²) in [6, 6.07) is 26.3. The zero-order chi connectivity index (χ0) is 32.3. The lowest BCUT2D eigenvalue weighted by Gasteiger charge is -1.90. The van der Waals surface area contributed by atoms with Gasteiger partial charge in [-0.15, -0.1) is 11.3 Å². The van der Waals surface area contributed by atoms with E-state index in [0.717, 1.165) is 5.76 Å². The minimum atomic E-state index is 0.968. The highest BCUT2D eigenvalue weighted by Gasteiger charge is 1.82. The molecule has 1 aromatic carbocycles. The van der Waals surface area contributed by atoms with Crippen molar-refractivity contribution >= 4 is 11.3 Å². The third-order valence-electron chi connectivity index (χ3n) is 4.32. The van der Waals surface area contributed by atoms with Gasteiger partial charge in [0.2, 0.25) is 0 Å². The van der Waals surface area contributed by atoms with Crippen LogP contribution in [0.25, 0.3) is 0 Å². The van der Waals surface area contributed by atoms with Gasteiger partial charge < -0.3 is 8.98 Å². The molecule has 0 aliphatic carbocycles. The van der Waals surface area contributed by atoms with Crippen molar-refractivity contribution in [1.82, 2.24) is 9.55 Å². The molecule has 230 valence electrons. The first-order valence-corrected chi connectivity index (χ1v) is 15.7. The van der Waals surface area contributed by atoms with Crippen molar-refractivity contribution in [3.8, 4) is 0 Å². The Hall–Kier alpha value is -3.37. The van der Waals surface area contributed by atoms with Crippen LogP contribution >= 0.6 is 11.3 Å². The molecule has 0 spiro atoms. The van der Waals surface area contributed by atoms with Gasteiger partial charge in [-0.2, -0.15) is 0 Å². The van der Waals surface area contributed by atoms with Crippen LogP contribution < -0.4 is 0 Å². The van der Waals surface area contributed by atoms with Crippen LogP contribution in [0.4, 0.5) is 0 Å². The van der Waals surface area contributed by atoms with Crippen LogP contribution in [0.3, 0.4) is 0 Å². The Balaban J connectivity index is -0.000000197. The highest BCUT2D eigenvalue weighted by Crippen LogP contribution is 2.03. The third-order valence-corrected chi connectivity index (χ3v) is 5.12. The number of nitrogens with zero attached hydrogens (tertiary/aromatic N) is 2. The van der Waals surface area contributed by atoms with Gasteiger partial charge in [-0.25, -0.2) is 0 Å². The standard InChI is InChI=1S/C8H10.C6H9N.C5H5N.C5H6O.C5H6S.4C2H6/c1-7-3-5-8(2)6-4-7;1-6-4-3-5-7(6)2;1-2-4-6-5-3-1;2*1-5-3-2-4-6-5;4*1-2/h3-6H,1-2H3;3-5H,1-2H3;1-5H;2*2-4H,1H3;4*1-2H3. The van der Waals surface area contributed by atoms with Gasteiger partial charge >= 0.3 is 0 Å². The summed E-state index contributed by atoms with van der Waals surface area (Å²) < 4.78 is 6.92. The molecule has 0 saturated carbocycles. The molecule has 5 aromatic rings. The van der Waals surface area contributed by atoms with E-state index in [1.807, 2.05) is 112 Å². The van der Waals surface area contributed by atoms with Gasteiger partial charge in [0, 0.05) is 36.2 Å². The third kappa shape index (κ3) is 32.7. The van der Waals surface area contributed by atoms with E-state index in [1.165, 1.54) is 21.7 Å². The average molecular weight is 581 g/mol. The quantitative estimate of drug-likeness (QED) is 0.182. The van der Waals surface area contributed by atoms with Crippen LogP contribution in [-0.4, -0.2) is 9.55 Å². The van der Waals surface area contributed by atoms with Gasteiger partial charge in [0.15, 0.2) is 0 Å². The zero-order valence-corrected chi connectivity index (χ0v) is 29.4. The van der Waals surface area contributed by atoms with Crippen molar-refractivity contribution in [2.75, 3.05) is 0 Å². The van der Waals surface area contributed by atoms with Crippen molar-refractivity contribution in [1.29, 1.82) is 0 Å². The summed E-state index contributed by atoms with van der Waals surface area (Å²) in [5.74, 6) is 0.968. The number of thiophene rings is 1. The van der Waals surface area contributed by atoms with Crippen molar-refractivity contribution in [2.45, 2.75) is 90.0 Å². The summed E-state index contributed by atoms with van der Waals surface area (Å²) in [5, 5.41) is 2.08.